The van der Waals surface area contributed by atoms with Crippen LogP contribution in [0.15, 0.2) is 30.3 Å². The third kappa shape index (κ3) is 3.77. The Morgan fingerprint density at radius 1 is 0.931 bits per heavy atom. The van der Waals surface area contributed by atoms with Gasteiger partial charge in [-0.15, -0.1) is 10.2 Å². The van der Waals surface area contributed by atoms with Crippen LogP contribution in [0.5, 0.6) is 0 Å². The molecule has 2 aliphatic heterocycles. The van der Waals surface area contributed by atoms with Gasteiger partial charge in [0.05, 0.1) is 5.69 Å². The number of hydrogen-bond donors (Lipinski definition) is 0. The second-order valence-corrected chi connectivity index (χ2v) is 9.37. The van der Waals surface area contributed by atoms with Crippen molar-refractivity contribution in [1.82, 2.24) is 15.1 Å². The maximum Gasteiger partial charge on any atom is 0.151 e. The summed E-state index contributed by atoms with van der Waals surface area (Å²) in [4.78, 5) is 5.10. The molecule has 5 rings (SSSR count). The van der Waals surface area contributed by atoms with Crippen molar-refractivity contribution in [1.29, 1.82) is 0 Å². The fourth-order valence-electron chi connectivity index (χ4n) is 5.30. The summed E-state index contributed by atoms with van der Waals surface area (Å²) in [5.74, 6) is 0.675. The first-order valence-electron chi connectivity index (χ1n) is 11.2. The highest BCUT2D eigenvalue weighted by Gasteiger charge is 2.39. The van der Waals surface area contributed by atoms with E-state index in [2.05, 4.69) is 20.0 Å². The van der Waals surface area contributed by atoms with Gasteiger partial charge in [-0.2, -0.15) is 0 Å². The summed E-state index contributed by atoms with van der Waals surface area (Å²) < 4.78 is 14.1. The van der Waals surface area contributed by atoms with Gasteiger partial charge in [-0.25, -0.2) is 4.39 Å². The second kappa shape index (κ2) is 7.67. The molecule has 3 fully saturated rings. The quantitative estimate of drug-likeness (QED) is 0.747. The van der Waals surface area contributed by atoms with Crippen molar-refractivity contribution in [3.05, 3.63) is 41.7 Å². The van der Waals surface area contributed by atoms with E-state index in [1.807, 2.05) is 25.1 Å². The number of halogens is 1. The predicted molar refractivity (Wildman–Crippen MR) is 114 cm³/mol. The fourth-order valence-corrected chi connectivity index (χ4v) is 5.30. The number of benzene rings is 1. The largest absolute Gasteiger partial charge is 0.355 e. The molecule has 154 valence electrons. The average molecular weight is 395 g/mol. The molecule has 2 aromatic rings. The van der Waals surface area contributed by atoms with E-state index in [0.717, 1.165) is 30.5 Å². The molecule has 0 bridgehead atoms. The maximum absolute atomic E-state index is 14.1. The van der Waals surface area contributed by atoms with Crippen LogP contribution in [0, 0.1) is 18.2 Å². The molecule has 2 saturated heterocycles. The van der Waals surface area contributed by atoms with Crippen molar-refractivity contribution in [2.45, 2.75) is 57.9 Å². The fraction of sp³-hybridized carbons (Fsp3) is 0.583. The maximum atomic E-state index is 14.1. The zero-order valence-corrected chi connectivity index (χ0v) is 17.4. The summed E-state index contributed by atoms with van der Waals surface area (Å²) >= 11 is 0. The van der Waals surface area contributed by atoms with Crippen LogP contribution < -0.4 is 4.90 Å². The third-order valence-corrected chi connectivity index (χ3v) is 7.65. The highest BCUT2D eigenvalue weighted by atomic mass is 19.1. The number of aryl methyl sites for hydroxylation is 1. The Labute approximate surface area is 173 Å². The molecule has 29 heavy (non-hydrogen) atoms. The molecule has 3 aliphatic rings. The molecule has 0 atom stereocenters. The molecule has 1 aliphatic carbocycles. The van der Waals surface area contributed by atoms with Gasteiger partial charge in [-0.1, -0.05) is 18.1 Å². The molecule has 5 heteroatoms. The summed E-state index contributed by atoms with van der Waals surface area (Å²) in [7, 11) is 0. The zero-order chi connectivity index (χ0) is 19.8. The summed E-state index contributed by atoms with van der Waals surface area (Å²) in [5, 5.41) is 8.77. The molecule has 0 amide bonds. The molecular weight excluding hydrogens is 363 g/mol. The zero-order valence-electron chi connectivity index (χ0n) is 17.4. The minimum atomic E-state index is -0.245. The van der Waals surface area contributed by atoms with Crippen LogP contribution in [0.2, 0.25) is 0 Å². The molecule has 0 N–H and O–H groups in total. The monoisotopic (exact) mass is 394 g/mol. The van der Waals surface area contributed by atoms with E-state index in [0.29, 0.717) is 16.7 Å². The Morgan fingerprint density at radius 3 is 2.28 bits per heavy atom. The minimum Gasteiger partial charge on any atom is -0.355 e. The lowest BCUT2D eigenvalue weighted by Crippen LogP contribution is -2.51. The van der Waals surface area contributed by atoms with Crippen LogP contribution in [0.3, 0.4) is 0 Å². The lowest BCUT2D eigenvalue weighted by molar-refractivity contribution is 0.0305. The first kappa shape index (κ1) is 19.0. The Kier molecular flexibility index (Phi) is 5.02. The normalized spacial score (nSPS) is 22.6. The Bertz CT molecular complexity index is 844. The number of hydrogen-bond acceptors (Lipinski definition) is 4. The smallest absolute Gasteiger partial charge is 0.151 e. The molecule has 1 saturated carbocycles. The van der Waals surface area contributed by atoms with Crippen molar-refractivity contribution in [3.63, 3.8) is 0 Å². The van der Waals surface area contributed by atoms with Crippen molar-refractivity contribution in [3.8, 4) is 11.3 Å². The summed E-state index contributed by atoms with van der Waals surface area (Å²) in [6.45, 7) is 6.65. The van der Waals surface area contributed by atoms with E-state index in [4.69, 9.17) is 0 Å². The predicted octanol–water partition coefficient (Wildman–Crippen LogP) is 4.83. The molecular formula is C24H31FN4. The number of nitrogens with zero attached hydrogens (tertiary/aromatic N) is 4. The third-order valence-electron chi connectivity index (χ3n) is 7.65. The highest BCUT2D eigenvalue weighted by Crippen LogP contribution is 2.43. The van der Waals surface area contributed by atoms with E-state index in [-0.39, 0.29) is 5.82 Å². The average Bonchev–Trinajstić information content (AvgIpc) is 2.71. The SMILES string of the molecule is Cc1ccc(F)c(-c2ccc(N3CCC4(CC3)CCN(C3CCC3)CC4)nn2)c1. The van der Waals surface area contributed by atoms with Gasteiger partial charge in [-0.05, 0) is 88.2 Å². The van der Waals surface area contributed by atoms with Gasteiger partial charge in [0.2, 0.25) is 0 Å². The highest BCUT2D eigenvalue weighted by molar-refractivity contribution is 5.61. The van der Waals surface area contributed by atoms with Crippen molar-refractivity contribution in [2.24, 2.45) is 5.41 Å². The van der Waals surface area contributed by atoms with E-state index in [1.54, 1.807) is 6.07 Å². The number of rotatable bonds is 3. The molecule has 1 aromatic heterocycles. The Balaban J connectivity index is 1.20. The Morgan fingerprint density at radius 2 is 1.66 bits per heavy atom. The van der Waals surface area contributed by atoms with Gasteiger partial charge >= 0.3 is 0 Å². The van der Waals surface area contributed by atoms with E-state index < -0.39 is 0 Å². The van der Waals surface area contributed by atoms with Crippen molar-refractivity contribution < 1.29 is 4.39 Å². The van der Waals surface area contributed by atoms with Gasteiger partial charge < -0.3 is 9.80 Å². The van der Waals surface area contributed by atoms with Gasteiger partial charge in [0.25, 0.3) is 0 Å². The number of anilines is 1. The standard InChI is InChI=1S/C24H31FN4/c1-18-5-6-21(25)20(17-18)22-7-8-23(27-26-22)29-15-11-24(12-16-29)9-13-28(14-10-24)19-3-2-4-19/h5-8,17,19H,2-4,9-16H2,1H3. The topological polar surface area (TPSA) is 32.3 Å². The van der Waals surface area contributed by atoms with Crippen molar-refractivity contribution >= 4 is 5.82 Å². The number of aromatic nitrogens is 2. The van der Waals surface area contributed by atoms with Gasteiger partial charge in [-0.3, -0.25) is 0 Å². The number of piperidine rings is 2. The first-order chi connectivity index (χ1) is 14.1. The van der Waals surface area contributed by atoms with E-state index >= 15 is 0 Å². The molecule has 3 heterocycles. The summed E-state index contributed by atoms with van der Waals surface area (Å²) in [6, 6.07) is 9.91. The van der Waals surface area contributed by atoms with Crippen LogP contribution in [0.1, 0.15) is 50.5 Å². The lowest BCUT2D eigenvalue weighted by Gasteiger charge is -2.50. The van der Waals surface area contributed by atoms with E-state index in [1.165, 1.54) is 64.1 Å². The van der Waals surface area contributed by atoms with Gasteiger partial charge in [0.1, 0.15) is 5.82 Å². The Hall–Kier alpha value is -2.01. The lowest BCUT2D eigenvalue weighted by atomic mass is 9.70. The van der Waals surface area contributed by atoms with E-state index in [9.17, 15) is 4.39 Å². The molecule has 1 aromatic carbocycles. The number of likely N-dealkylation sites (tertiary alicyclic amines) is 1. The molecule has 0 unspecified atom stereocenters. The second-order valence-electron chi connectivity index (χ2n) is 9.37. The van der Waals surface area contributed by atoms with Crippen LogP contribution in [-0.2, 0) is 0 Å². The van der Waals surface area contributed by atoms with Gasteiger partial charge in [0, 0.05) is 24.7 Å². The van der Waals surface area contributed by atoms with Crippen LogP contribution >= 0.6 is 0 Å². The van der Waals surface area contributed by atoms with Crippen LogP contribution in [0.4, 0.5) is 10.2 Å². The van der Waals surface area contributed by atoms with Crippen LogP contribution in [-0.4, -0.2) is 47.3 Å². The minimum absolute atomic E-state index is 0.245. The van der Waals surface area contributed by atoms with Crippen LogP contribution in [0.25, 0.3) is 11.3 Å². The summed E-state index contributed by atoms with van der Waals surface area (Å²) in [6.07, 6.45) is 9.48. The first-order valence-corrected chi connectivity index (χ1v) is 11.2. The molecule has 4 nitrogen and oxygen atoms in total. The molecule has 0 radical (unpaired) electrons. The van der Waals surface area contributed by atoms with Gasteiger partial charge in [0.15, 0.2) is 5.82 Å². The summed E-state index contributed by atoms with van der Waals surface area (Å²) in [5.41, 5.74) is 2.69. The van der Waals surface area contributed by atoms with Crippen molar-refractivity contribution in [2.75, 3.05) is 31.1 Å². The molecule has 1 spiro atoms.